The van der Waals surface area contributed by atoms with E-state index >= 15 is 0 Å². The molecular formula is C13H15ClFNO4S. The number of sulfonamides is 1. The third kappa shape index (κ3) is 3.04. The van der Waals surface area contributed by atoms with E-state index in [9.17, 15) is 17.6 Å². The summed E-state index contributed by atoms with van der Waals surface area (Å²) in [5, 5.41) is 8.95. The molecule has 8 heteroatoms. The van der Waals surface area contributed by atoms with Crippen LogP contribution >= 0.6 is 11.6 Å². The maximum absolute atomic E-state index is 13.1. The zero-order valence-electron chi connectivity index (χ0n) is 11.3. The summed E-state index contributed by atoms with van der Waals surface area (Å²) in [6.45, 7) is 1.79. The summed E-state index contributed by atoms with van der Waals surface area (Å²) >= 11 is 5.82. The maximum Gasteiger partial charge on any atom is 0.308 e. The van der Waals surface area contributed by atoms with Crippen LogP contribution in [0.2, 0.25) is 5.02 Å². The van der Waals surface area contributed by atoms with Crippen LogP contribution in [0.3, 0.4) is 0 Å². The van der Waals surface area contributed by atoms with Gasteiger partial charge < -0.3 is 5.11 Å². The molecule has 0 aromatic heterocycles. The van der Waals surface area contributed by atoms with Crippen LogP contribution < -0.4 is 0 Å². The van der Waals surface area contributed by atoms with E-state index in [1.807, 2.05) is 0 Å². The molecule has 0 aliphatic carbocycles. The first-order chi connectivity index (χ1) is 9.75. The van der Waals surface area contributed by atoms with E-state index in [4.69, 9.17) is 16.7 Å². The van der Waals surface area contributed by atoms with Crippen LogP contribution in [0, 0.1) is 11.7 Å². The van der Waals surface area contributed by atoms with E-state index in [2.05, 4.69) is 0 Å². The molecule has 1 saturated heterocycles. The highest BCUT2D eigenvalue weighted by Crippen LogP contribution is 2.32. The van der Waals surface area contributed by atoms with Crippen molar-refractivity contribution in [3.63, 3.8) is 0 Å². The smallest absolute Gasteiger partial charge is 0.308 e. The standard InChI is InChI=1S/C13H15ClFNO4S/c1-8-10(13(17)18)3-2-6-16(8)21(19,20)12-5-4-9(15)7-11(12)14/h4-5,7-8,10H,2-3,6H2,1H3,(H,17,18)/t8-,10-/m1/s1. The number of piperidine rings is 1. The molecule has 2 rings (SSSR count). The van der Waals surface area contributed by atoms with E-state index in [0.29, 0.717) is 12.8 Å². The number of carboxylic acids is 1. The van der Waals surface area contributed by atoms with Gasteiger partial charge in [-0.3, -0.25) is 4.79 Å². The Kier molecular flexibility index (Phi) is 4.55. The molecule has 116 valence electrons. The van der Waals surface area contributed by atoms with Crippen molar-refractivity contribution in [1.82, 2.24) is 4.31 Å². The molecule has 0 amide bonds. The molecule has 0 saturated carbocycles. The molecule has 1 fully saturated rings. The Morgan fingerprint density at radius 2 is 2.14 bits per heavy atom. The van der Waals surface area contributed by atoms with E-state index in [0.717, 1.165) is 22.5 Å². The zero-order valence-corrected chi connectivity index (χ0v) is 12.9. The number of rotatable bonds is 3. The second-order valence-electron chi connectivity index (χ2n) is 5.02. The van der Waals surface area contributed by atoms with Gasteiger partial charge in [-0.25, -0.2) is 12.8 Å². The van der Waals surface area contributed by atoms with Gasteiger partial charge in [-0.2, -0.15) is 4.31 Å². The van der Waals surface area contributed by atoms with Gasteiger partial charge in [0, 0.05) is 12.6 Å². The second-order valence-corrected chi connectivity index (χ2v) is 7.28. The highest BCUT2D eigenvalue weighted by Gasteiger charge is 2.40. The lowest BCUT2D eigenvalue weighted by Crippen LogP contribution is -2.49. The first kappa shape index (κ1) is 16.2. The van der Waals surface area contributed by atoms with Crippen LogP contribution in [-0.4, -0.2) is 36.4 Å². The van der Waals surface area contributed by atoms with Crippen LogP contribution in [-0.2, 0) is 14.8 Å². The fourth-order valence-electron chi connectivity index (χ4n) is 2.59. The van der Waals surface area contributed by atoms with Crippen molar-refractivity contribution in [2.45, 2.75) is 30.7 Å². The van der Waals surface area contributed by atoms with Crippen molar-refractivity contribution in [2.24, 2.45) is 5.92 Å². The monoisotopic (exact) mass is 335 g/mol. The summed E-state index contributed by atoms with van der Waals surface area (Å²) in [6.07, 6.45) is 0.888. The van der Waals surface area contributed by atoms with Crippen molar-refractivity contribution < 1.29 is 22.7 Å². The lowest BCUT2D eigenvalue weighted by Gasteiger charge is -2.36. The third-order valence-electron chi connectivity index (χ3n) is 3.73. The number of hydrogen-bond acceptors (Lipinski definition) is 3. The SMILES string of the molecule is C[C@@H]1[C@H](C(=O)O)CCCN1S(=O)(=O)c1ccc(F)cc1Cl. The van der Waals surface area contributed by atoms with Gasteiger partial charge in [-0.05, 0) is 38.0 Å². The van der Waals surface area contributed by atoms with Crippen molar-refractivity contribution in [3.05, 3.63) is 29.0 Å². The molecule has 1 aromatic carbocycles. The molecule has 0 spiro atoms. The Bertz CT molecular complexity index is 664. The minimum Gasteiger partial charge on any atom is -0.481 e. The van der Waals surface area contributed by atoms with E-state index in [-0.39, 0.29) is 16.5 Å². The first-order valence-corrected chi connectivity index (χ1v) is 8.26. The molecule has 1 aliphatic heterocycles. The van der Waals surface area contributed by atoms with Crippen molar-refractivity contribution in [2.75, 3.05) is 6.54 Å². The van der Waals surface area contributed by atoms with Gasteiger partial charge >= 0.3 is 5.97 Å². The molecule has 1 aliphatic rings. The van der Waals surface area contributed by atoms with Crippen LogP contribution in [0.4, 0.5) is 4.39 Å². The molecule has 1 aromatic rings. The fraction of sp³-hybridized carbons (Fsp3) is 0.462. The summed E-state index contributed by atoms with van der Waals surface area (Å²) < 4.78 is 39.4. The molecular weight excluding hydrogens is 321 g/mol. The summed E-state index contributed by atoms with van der Waals surface area (Å²) in [5.74, 6) is -2.41. The van der Waals surface area contributed by atoms with E-state index in [1.54, 1.807) is 6.92 Å². The normalized spacial score (nSPS) is 24.0. The summed E-state index contributed by atoms with van der Waals surface area (Å²) in [7, 11) is -3.95. The molecule has 0 unspecified atom stereocenters. The first-order valence-electron chi connectivity index (χ1n) is 6.45. The quantitative estimate of drug-likeness (QED) is 0.920. The molecule has 2 atom stereocenters. The topological polar surface area (TPSA) is 74.7 Å². The second kappa shape index (κ2) is 5.90. The molecule has 21 heavy (non-hydrogen) atoms. The van der Waals surface area contributed by atoms with Gasteiger partial charge in [0.15, 0.2) is 0 Å². The summed E-state index contributed by atoms with van der Waals surface area (Å²) in [6, 6.07) is 2.37. The molecule has 1 N–H and O–H groups in total. The Balaban J connectivity index is 2.41. The minimum absolute atomic E-state index is 0.205. The third-order valence-corrected chi connectivity index (χ3v) is 6.20. The maximum atomic E-state index is 13.1. The van der Waals surface area contributed by atoms with Crippen LogP contribution in [0.5, 0.6) is 0 Å². The number of aliphatic carboxylic acids is 1. The van der Waals surface area contributed by atoms with Crippen molar-refractivity contribution in [1.29, 1.82) is 0 Å². The average Bonchev–Trinajstić information content (AvgIpc) is 2.37. The van der Waals surface area contributed by atoms with Crippen LogP contribution in [0.1, 0.15) is 19.8 Å². The number of hydrogen-bond donors (Lipinski definition) is 1. The summed E-state index contributed by atoms with van der Waals surface area (Å²) in [5.41, 5.74) is 0. The highest BCUT2D eigenvalue weighted by atomic mass is 35.5. The Morgan fingerprint density at radius 1 is 1.48 bits per heavy atom. The van der Waals surface area contributed by atoms with Gasteiger partial charge in [0.25, 0.3) is 0 Å². The van der Waals surface area contributed by atoms with Gasteiger partial charge in [-0.15, -0.1) is 0 Å². The van der Waals surface area contributed by atoms with Gasteiger partial charge in [0.05, 0.1) is 10.9 Å². The zero-order chi connectivity index (χ0) is 15.8. The Morgan fingerprint density at radius 3 is 2.71 bits per heavy atom. The number of carboxylic acid groups (broad SMARTS) is 1. The molecule has 0 radical (unpaired) electrons. The number of nitrogens with zero attached hydrogens (tertiary/aromatic N) is 1. The van der Waals surface area contributed by atoms with Gasteiger partial charge in [0.1, 0.15) is 10.7 Å². The predicted molar refractivity (Wildman–Crippen MR) is 75.1 cm³/mol. The number of carbonyl (C=O) groups is 1. The van der Waals surface area contributed by atoms with Crippen LogP contribution in [0.25, 0.3) is 0 Å². The number of halogens is 2. The Hall–Kier alpha value is -1.18. The molecule has 0 bridgehead atoms. The lowest BCUT2D eigenvalue weighted by molar-refractivity contribution is -0.144. The van der Waals surface area contributed by atoms with Crippen molar-refractivity contribution in [3.8, 4) is 0 Å². The minimum atomic E-state index is -3.95. The van der Waals surface area contributed by atoms with Gasteiger partial charge in [0.2, 0.25) is 10.0 Å². The lowest BCUT2D eigenvalue weighted by atomic mass is 9.92. The predicted octanol–water partition coefficient (Wildman–Crippen LogP) is 2.35. The van der Waals surface area contributed by atoms with E-state index in [1.165, 1.54) is 0 Å². The van der Waals surface area contributed by atoms with Gasteiger partial charge in [-0.1, -0.05) is 11.6 Å². The molecule has 1 heterocycles. The fourth-order valence-corrected chi connectivity index (χ4v) is 4.80. The summed E-state index contributed by atoms with van der Waals surface area (Å²) in [4.78, 5) is 11.0. The highest BCUT2D eigenvalue weighted by molar-refractivity contribution is 7.89. The largest absolute Gasteiger partial charge is 0.481 e. The van der Waals surface area contributed by atoms with E-state index < -0.39 is 33.8 Å². The van der Waals surface area contributed by atoms with Crippen molar-refractivity contribution >= 4 is 27.6 Å². The Labute approximate surface area is 127 Å². The molecule has 5 nitrogen and oxygen atoms in total. The van der Waals surface area contributed by atoms with Crippen LogP contribution in [0.15, 0.2) is 23.1 Å². The number of benzene rings is 1. The average molecular weight is 336 g/mol.